The van der Waals surface area contributed by atoms with Crippen molar-refractivity contribution in [1.82, 2.24) is 9.80 Å². The van der Waals surface area contributed by atoms with Gasteiger partial charge in [-0.1, -0.05) is 0 Å². The van der Waals surface area contributed by atoms with Gasteiger partial charge in [-0.2, -0.15) is 0 Å². The van der Waals surface area contributed by atoms with Crippen molar-refractivity contribution in [2.45, 2.75) is 26.3 Å². The van der Waals surface area contributed by atoms with Crippen molar-refractivity contribution in [3.63, 3.8) is 0 Å². The SMILES string of the molecule is CC(=O)C(C)N1CCCN(CCO)CC1. The summed E-state index contributed by atoms with van der Waals surface area (Å²) < 4.78 is 0. The zero-order chi connectivity index (χ0) is 11.3. The number of hydrogen-bond acceptors (Lipinski definition) is 4. The summed E-state index contributed by atoms with van der Waals surface area (Å²) in [5.74, 6) is 0.241. The fraction of sp³-hybridized carbons (Fsp3) is 0.909. The van der Waals surface area contributed by atoms with E-state index >= 15 is 0 Å². The lowest BCUT2D eigenvalue weighted by atomic mass is 10.2. The normalized spacial score (nSPS) is 22.3. The molecule has 1 N–H and O–H groups in total. The van der Waals surface area contributed by atoms with Crippen LogP contribution in [0.4, 0.5) is 0 Å². The van der Waals surface area contributed by atoms with Crippen LogP contribution in [0.15, 0.2) is 0 Å². The van der Waals surface area contributed by atoms with E-state index in [9.17, 15) is 4.79 Å². The second kappa shape index (κ2) is 6.20. The van der Waals surface area contributed by atoms with Gasteiger partial charge in [0.15, 0.2) is 0 Å². The highest BCUT2D eigenvalue weighted by atomic mass is 16.3. The molecule has 0 saturated carbocycles. The van der Waals surface area contributed by atoms with Gasteiger partial charge in [0, 0.05) is 26.2 Å². The molecule has 0 aromatic heterocycles. The lowest BCUT2D eigenvalue weighted by molar-refractivity contribution is -0.121. The fourth-order valence-corrected chi connectivity index (χ4v) is 2.00. The zero-order valence-corrected chi connectivity index (χ0v) is 9.78. The molecule has 0 radical (unpaired) electrons. The molecule has 4 heteroatoms. The van der Waals surface area contributed by atoms with E-state index < -0.39 is 0 Å². The Hall–Kier alpha value is -0.450. The Labute approximate surface area is 91.9 Å². The molecule has 0 spiro atoms. The quantitative estimate of drug-likeness (QED) is 0.713. The minimum atomic E-state index is 0.0408. The third-order valence-corrected chi connectivity index (χ3v) is 3.18. The highest BCUT2D eigenvalue weighted by Crippen LogP contribution is 2.07. The Morgan fingerprint density at radius 2 is 2.07 bits per heavy atom. The number of nitrogens with zero attached hydrogens (tertiary/aromatic N) is 2. The van der Waals surface area contributed by atoms with E-state index in [0.717, 1.165) is 39.1 Å². The average Bonchev–Trinajstić information content (AvgIpc) is 2.43. The molecule has 0 aromatic carbocycles. The number of Topliss-reactive ketones (excluding diaryl/α,β-unsaturated/α-hetero) is 1. The van der Waals surface area contributed by atoms with Crippen LogP contribution in [0.2, 0.25) is 0 Å². The van der Waals surface area contributed by atoms with Crippen LogP contribution >= 0.6 is 0 Å². The molecule has 1 atom stereocenters. The maximum absolute atomic E-state index is 11.3. The van der Waals surface area contributed by atoms with Crippen molar-refractivity contribution in [2.75, 3.05) is 39.3 Å². The largest absolute Gasteiger partial charge is 0.395 e. The first kappa shape index (κ1) is 12.6. The number of hydrogen-bond donors (Lipinski definition) is 1. The molecule has 88 valence electrons. The Morgan fingerprint density at radius 3 is 2.67 bits per heavy atom. The minimum absolute atomic E-state index is 0.0408. The van der Waals surface area contributed by atoms with Gasteiger partial charge in [-0.05, 0) is 26.8 Å². The summed E-state index contributed by atoms with van der Waals surface area (Å²) in [6.45, 7) is 8.51. The molecule has 1 heterocycles. The Balaban J connectivity index is 2.41. The summed E-state index contributed by atoms with van der Waals surface area (Å²) in [4.78, 5) is 15.8. The predicted molar refractivity (Wildman–Crippen MR) is 59.9 cm³/mol. The molecule has 0 aromatic rings. The summed E-state index contributed by atoms with van der Waals surface area (Å²) >= 11 is 0. The van der Waals surface area contributed by atoms with Gasteiger partial charge in [-0.3, -0.25) is 14.6 Å². The molecule has 1 fully saturated rings. The molecule has 0 amide bonds. The molecule has 0 bridgehead atoms. The molecule has 1 rings (SSSR count). The maximum Gasteiger partial charge on any atom is 0.146 e. The van der Waals surface area contributed by atoms with Gasteiger partial charge < -0.3 is 5.11 Å². The summed E-state index contributed by atoms with van der Waals surface area (Å²) in [5, 5.41) is 8.86. The van der Waals surface area contributed by atoms with E-state index in [4.69, 9.17) is 5.11 Å². The molecule has 4 nitrogen and oxygen atoms in total. The zero-order valence-electron chi connectivity index (χ0n) is 9.78. The summed E-state index contributed by atoms with van der Waals surface area (Å²) in [7, 11) is 0. The Morgan fingerprint density at radius 1 is 1.33 bits per heavy atom. The number of aliphatic hydroxyl groups excluding tert-OH is 1. The standard InChI is InChI=1S/C11H22N2O2/c1-10(11(2)15)13-5-3-4-12(6-7-13)8-9-14/h10,14H,3-9H2,1-2H3. The molecule has 1 saturated heterocycles. The molecular weight excluding hydrogens is 192 g/mol. The van der Waals surface area contributed by atoms with Crippen LogP contribution in [-0.4, -0.2) is 66.1 Å². The molecule has 15 heavy (non-hydrogen) atoms. The molecular formula is C11H22N2O2. The van der Waals surface area contributed by atoms with Gasteiger partial charge in [0.2, 0.25) is 0 Å². The lowest BCUT2D eigenvalue weighted by Gasteiger charge is -2.25. The monoisotopic (exact) mass is 214 g/mol. The third kappa shape index (κ3) is 3.89. The maximum atomic E-state index is 11.3. The first-order chi connectivity index (χ1) is 7.15. The lowest BCUT2D eigenvalue weighted by Crippen LogP contribution is -2.40. The van der Waals surface area contributed by atoms with Crippen molar-refractivity contribution in [1.29, 1.82) is 0 Å². The van der Waals surface area contributed by atoms with Gasteiger partial charge in [-0.15, -0.1) is 0 Å². The fourth-order valence-electron chi connectivity index (χ4n) is 2.00. The van der Waals surface area contributed by atoms with Crippen molar-refractivity contribution in [3.8, 4) is 0 Å². The van der Waals surface area contributed by atoms with Crippen molar-refractivity contribution in [2.24, 2.45) is 0 Å². The number of carbonyl (C=O) groups excluding carboxylic acids is 1. The molecule has 1 aliphatic heterocycles. The van der Waals surface area contributed by atoms with Crippen molar-refractivity contribution < 1.29 is 9.90 Å². The minimum Gasteiger partial charge on any atom is -0.395 e. The van der Waals surface area contributed by atoms with Gasteiger partial charge >= 0.3 is 0 Å². The van der Waals surface area contributed by atoms with Crippen molar-refractivity contribution >= 4 is 5.78 Å². The Kier molecular flexibility index (Phi) is 5.22. The van der Waals surface area contributed by atoms with Crippen LogP contribution in [0.25, 0.3) is 0 Å². The van der Waals surface area contributed by atoms with Crippen LogP contribution in [0, 0.1) is 0 Å². The van der Waals surface area contributed by atoms with Gasteiger partial charge in [0.05, 0.1) is 12.6 Å². The average molecular weight is 214 g/mol. The van der Waals surface area contributed by atoms with Crippen LogP contribution in [0.1, 0.15) is 20.3 Å². The van der Waals surface area contributed by atoms with Crippen molar-refractivity contribution in [3.05, 3.63) is 0 Å². The van der Waals surface area contributed by atoms with Crippen LogP contribution in [0.5, 0.6) is 0 Å². The van der Waals surface area contributed by atoms with E-state index in [1.54, 1.807) is 6.92 Å². The van der Waals surface area contributed by atoms with Gasteiger partial charge in [0.25, 0.3) is 0 Å². The summed E-state index contributed by atoms with van der Waals surface area (Å²) in [6.07, 6.45) is 1.08. The van der Waals surface area contributed by atoms with E-state index in [2.05, 4.69) is 9.80 Å². The Bertz CT molecular complexity index is 209. The summed E-state index contributed by atoms with van der Waals surface area (Å²) in [6, 6.07) is 0.0408. The smallest absolute Gasteiger partial charge is 0.146 e. The van der Waals surface area contributed by atoms with E-state index in [1.165, 1.54) is 0 Å². The number of rotatable bonds is 4. The number of carbonyl (C=O) groups is 1. The number of aliphatic hydroxyl groups is 1. The molecule has 0 aliphatic carbocycles. The molecule has 1 aliphatic rings. The highest BCUT2D eigenvalue weighted by molar-refractivity contribution is 5.80. The second-order valence-corrected chi connectivity index (χ2v) is 4.24. The van der Waals surface area contributed by atoms with E-state index in [0.29, 0.717) is 0 Å². The highest BCUT2D eigenvalue weighted by Gasteiger charge is 2.21. The van der Waals surface area contributed by atoms with Crippen LogP contribution in [0.3, 0.4) is 0 Å². The van der Waals surface area contributed by atoms with Gasteiger partial charge in [0.1, 0.15) is 5.78 Å². The first-order valence-corrected chi connectivity index (χ1v) is 5.73. The van der Waals surface area contributed by atoms with Crippen LogP contribution < -0.4 is 0 Å². The number of β-amino-alcohol motifs (C(OH)–C–C–N with tert-alkyl or cyclic N) is 1. The van der Waals surface area contributed by atoms with E-state index in [-0.39, 0.29) is 18.4 Å². The van der Waals surface area contributed by atoms with Crippen LogP contribution in [-0.2, 0) is 4.79 Å². The first-order valence-electron chi connectivity index (χ1n) is 5.73. The topological polar surface area (TPSA) is 43.8 Å². The van der Waals surface area contributed by atoms with Gasteiger partial charge in [-0.25, -0.2) is 0 Å². The molecule has 1 unspecified atom stereocenters. The number of ketones is 1. The second-order valence-electron chi connectivity index (χ2n) is 4.24. The predicted octanol–water partition coefficient (Wildman–Crippen LogP) is -0.0361. The summed E-state index contributed by atoms with van der Waals surface area (Å²) in [5.41, 5.74) is 0. The third-order valence-electron chi connectivity index (χ3n) is 3.18. The van der Waals surface area contributed by atoms with E-state index in [1.807, 2.05) is 6.92 Å².